The van der Waals surface area contributed by atoms with Crippen molar-refractivity contribution in [2.75, 3.05) is 26.2 Å². The van der Waals surface area contributed by atoms with Gasteiger partial charge in [0, 0.05) is 60.1 Å². The van der Waals surface area contributed by atoms with Crippen molar-refractivity contribution in [1.82, 2.24) is 67.5 Å². The molecular weight excluding hydrogens is 891 g/mol. The number of carbonyl (C=O) groups excluding carboxylic acids is 9. The van der Waals surface area contributed by atoms with E-state index in [0.717, 1.165) is 16.5 Å². The smallest absolute Gasteiger partial charge is 0.322 e. The number of nitrogens with one attached hydrogen (secondary N) is 11. The van der Waals surface area contributed by atoms with Crippen LogP contribution in [0.25, 0.3) is 10.9 Å². The summed E-state index contributed by atoms with van der Waals surface area (Å²) < 4.78 is 0. The normalized spacial score (nSPS) is 13.2. The van der Waals surface area contributed by atoms with Gasteiger partial charge in [-0.1, -0.05) is 32.0 Å². The molecule has 26 heteroatoms. The lowest BCUT2D eigenvalue weighted by Gasteiger charge is -2.26. The molecule has 0 aliphatic heterocycles. The predicted octanol–water partition coefficient (Wildman–Crippen LogP) is -4.23. The molecule has 0 unspecified atom stereocenters. The van der Waals surface area contributed by atoms with Crippen molar-refractivity contribution in [3.63, 3.8) is 0 Å². The van der Waals surface area contributed by atoms with Crippen LogP contribution in [0.5, 0.6) is 0 Å². The van der Waals surface area contributed by atoms with Crippen LogP contribution in [0.15, 0.2) is 55.5 Å². The van der Waals surface area contributed by atoms with Gasteiger partial charge in [0.2, 0.25) is 53.2 Å². The number of H-pyrrole nitrogens is 3. The van der Waals surface area contributed by atoms with Crippen molar-refractivity contribution < 1.29 is 53.1 Å². The Bertz CT molecular complexity index is 2380. The SMILES string of the molecule is CC(C)C[C@H](NC(=O)[C@@H](N)Cc1c[nH]c2ccccc12)C(=O)N[C@@H](Cc1cnc[nH]1)C(=O)N[C@@H](CCC(N)=O)C(=O)NCC(=O)NCC(=O)N[C@@H](Cc1cnc[nH]1)C(=O)NCC(=O)NCC(=O)O. The fourth-order valence-corrected chi connectivity index (χ4v) is 6.67. The Kier molecular flexibility index (Phi) is 20.1. The van der Waals surface area contributed by atoms with Crippen LogP contribution in [0.2, 0.25) is 0 Å². The number of para-hydroxylation sites is 1. The number of carboxylic acids is 1. The molecule has 0 saturated carbocycles. The van der Waals surface area contributed by atoms with Crippen molar-refractivity contribution in [1.29, 1.82) is 0 Å². The van der Waals surface area contributed by atoms with Crippen LogP contribution in [-0.2, 0) is 67.2 Å². The van der Waals surface area contributed by atoms with Gasteiger partial charge in [-0.25, -0.2) is 9.97 Å². The van der Waals surface area contributed by atoms with Crippen molar-refractivity contribution in [3.8, 4) is 0 Å². The first-order valence-corrected chi connectivity index (χ1v) is 21.4. The summed E-state index contributed by atoms with van der Waals surface area (Å²) in [7, 11) is 0. The third-order valence-corrected chi connectivity index (χ3v) is 10.1. The number of carbonyl (C=O) groups is 10. The molecule has 3 aromatic heterocycles. The number of imidazole rings is 2. The second kappa shape index (κ2) is 26.1. The molecule has 5 atom stereocenters. The van der Waals surface area contributed by atoms with Gasteiger partial charge in [-0.15, -0.1) is 0 Å². The summed E-state index contributed by atoms with van der Waals surface area (Å²) in [6.07, 6.45) is 6.64. The molecular formula is C42H57N15O11. The second-order valence-corrected chi connectivity index (χ2v) is 16.1. The van der Waals surface area contributed by atoms with E-state index in [9.17, 15) is 47.9 Å². The van der Waals surface area contributed by atoms with Gasteiger partial charge >= 0.3 is 5.97 Å². The van der Waals surface area contributed by atoms with Gasteiger partial charge in [0.25, 0.3) is 0 Å². The second-order valence-electron chi connectivity index (χ2n) is 16.1. The molecule has 4 rings (SSSR count). The van der Waals surface area contributed by atoms with Crippen LogP contribution >= 0.6 is 0 Å². The van der Waals surface area contributed by atoms with Gasteiger partial charge in [-0.2, -0.15) is 0 Å². The van der Waals surface area contributed by atoms with E-state index in [-0.39, 0.29) is 44.4 Å². The molecule has 68 heavy (non-hydrogen) atoms. The first-order valence-electron chi connectivity index (χ1n) is 21.4. The Labute approximate surface area is 388 Å². The van der Waals surface area contributed by atoms with Crippen molar-refractivity contribution in [2.45, 2.75) is 82.6 Å². The Hall–Kier alpha value is -8.16. The van der Waals surface area contributed by atoms with Gasteiger partial charge in [-0.3, -0.25) is 47.9 Å². The van der Waals surface area contributed by atoms with E-state index in [0.29, 0.717) is 11.4 Å². The number of nitrogens with two attached hydrogens (primary N) is 2. The summed E-state index contributed by atoms with van der Waals surface area (Å²) in [6, 6.07) is 1.24. The minimum absolute atomic E-state index is 0.0969. The molecule has 0 fully saturated rings. The van der Waals surface area contributed by atoms with Gasteiger partial charge in [-0.05, 0) is 36.8 Å². The number of hydrogen-bond donors (Lipinski definition) is 14. The van der Waals surface area contributed by atoms with Gasteiger partial charge in [0.05, 0.1) is 38.3 Å². The number of carboxylic acid groups (broad SMARTS) is 1. The van der Waals surface area contributed by atoms with Crippen molar-refractivity contribution in [3.05, 3.63) is 72.5 Å². The van der Waals surface area contributed by atoms with Gasteiger partial charge < -0.3 is 74.1 Å². The standard InChI is InChI=1S/C42H57N15O11/c1-22(2)9-30(56-38(64)27(43)10-23-13-47-28-6-4-3-5-26(23)28)41(67)57-32(12-25-15-46-21-53-25)42(68)55-29(7-8-33(44)58)39(65)50-16-34(59)48-18-36(61)54-31(11-24-14-45-20-52-24)40(66)51-17-35(60)49-19-37(62)63/h3-6,13-15,20-22,27,29-32,47H,7-12,16-19,43H2,1-2H3,(H2,44,58)(H,45,52)(H,46,53)(H,48,59)(H,49,60)(H,50,65)(H,51,66)(H,54,61)(H,55,68)(H,56,64)(H,57,67)(H,62,63)/t27-,29-,30-,31-,32-/m0/s1. The van der Waals surface area contributed by atoms with E-state index in [1.165, 1.54) is 25.0 Å². The molecule has 0 bridgehead atoms. The highest BCUT2D eigenvalue weighted by Gasteiger charge is 2.32. The number of aliphatic carboxylic acids is 1. The number of amides is 9. The number of nitrogens with zero attached hydrogens (tertiary/aromatic N) is 2. The summed E-state index contributed by atoms with van der Waals surface area (Å²) in [5.41, 5.74) is 14.2. The maximum Gasteiger partial charge on any atom is 0.322 e. The number of aromatic nitrogens is 5. The molecule has 4 aromatic rings. The molecule has 0 aliphatic carbocycles. The van der Waals surface area contributed by atoms with Crippen LogP contribution < -0.4 is 54.0 Å². The average Bonchev–Trinajstić information content (AvgIpc) is 4.10. The molecule has 0 saturated heterocycles. The maximum absolute atomic E-state index is 13.9. The summed E-state index contributed by atoms with van der Waals surface area (Å²) in [4.78, 5) is 144. The third-order valence-electron chi connectivity index (χ3n) is 10.1. The van der Waals surface area contributed by atoms with Crippen molar-refractivity contribution >= 4 is 70.0 Å². The van der Waals surface area contributed by atoms with Crippen LogP contribution in [0.3, 0.4) is 0 Å². The molecule has 26 nitrogen and oxygen atoms in total. The molecule has 1 aromatic carbocycles. The Morgan fingerprint density at radius 2 is 1.15 bits per heavy atom. The minimum Gasteiger partial charge on any atom is -0.480 e. The van der Waals surface area contributed by atoms with Crippen LogP contribution in [0, 0.1) is 5.92 Å². The van der Waals surface area contributed by atoms with Crippen LogP contribution in [0.4, 0.5) is 0 Å². The predicted molar refractivity (Wildman–Crippen MR) is 240 cm³/mol. The topological polar surface area (TPSA) is 412 Å². The summed E-state index contributed by atoms with van der Waals surface area (Å²) in [6.45, 7) is 1.02. The number of primary amides is 1. The zero-order chi connectivity index (χ0) is 49.8. The average molecular weight is 948 g/mol. The van der Waals surface area contributed by atoms with Gasteiger partial charge in [0.1, 0.15) is 30.7 Å². The Morgan fingerprint density at radius 3 is 1.72 bits per heavy atom. The minimum atomic E-state index is -1.46. The quantitative estimate of drug-likeness (QED) is 0.0257. The highest BCUT2D eigenvalue weighted by molar-refractivity contribution is 5.97. The number of fused-ring (bicyclic) bond motifs is 1. The lowest BCUT2D eigenvalue weighted by Crippen LogP contribution is -2.59. The number of benzene rings is 1. The Balaban J connectivity index is 1.36. The van der Waals surface area contributed by atoms with E-state index in [1.54, 1.807) is 6.20 Å². The van der Waals surface area contributed by atoms with Gasteiger partial charge in [0.15, 0.2) is 0 Å². The monoisotopic (exact) mass is 947 g/mol. The first-order chi connectivity index (χ1) is 32.4. The number of hydrogen-bond acceptors (Lipinski definition) is 13. The molecule has 366 valence electrons. The van der Waals surface area contributed by atoms with E-state index in [2.05, 4.69) is 67.5 Å². The van der Waals surface area contributed by atoms with E-state index in [1.807, 2.05) is 38.1 Å². The summed E-state index contributed by atoms with van der Waals surface area (Å²) in [5.74, 6) is -8.66. The largest absolute Gasteiger partial charge is 0.480 e. The molecule has 0 radical (unpaired) electrons. The lowest BCUT2D eigenvalue weighted by atomic mass is 10.0. The Morgan fingerprint density at radius 1 is 0.618 bits per heavy atom. The number of aromatic amines is 3. The highest BCUT2D eigenvalue weighted by atomic mass is 16.4. The molecule has 3 heterocycles. The molecule has 0 aliphatic rings. The van der Waals surface area contributed by atoms with Crippen molar-refractivity contribution in [2.24, 2.45) is 17.4 Å². The van der Waals surface area contributed by atoms with Crippen LogP contribution in [-0.4, -0.2) is 146 Å². The third kappa shape index (κ3) is 17.7. The van der Waals surface area contributed by atoms with E-state index in [4.69, 9.17) is 16.6 Å². The summed E-state index contributed by atoms with van der Waals surface area (Å²) in [5, 5.41) is 28.9. The van der Waals surface area contributed by atoms with Crippen LogP contribution in [0.1, 0.15) is 50.1 Å². The zero-order valence-corrected chi connectivity index (χ0v) is 37.3. The molecule has 16 N–H and O–H groups in total. The maximum atomic E-state index is 13.9. The number of rotatable bonds is 28. The summed E-state index contributed by atoms with van der Waals surface area (Å²) >= 11 is 0. The van der Waals surface area contributed by atoms with E-state index >= 15 is 0 Å². The highest BCUT2D eigenvalue weighted by Crippen LogP contribution is 2.19. The zero-order valence-electron chi connectivity index (χ0n) is 37.3. The lowest BCUT2D eigenvalue weighted by molar-refractivity contribution is -0.138. The molecule has 9 amide bonds. The van der Waals surface area contributed by atoms with E-state index < -0.39 is 116 Å². The fraction of sp³-hybridized carbons (Fsp3) is 0.429. The molecule has 0 spiro atoms. The fourth-order valence-electron chi connectivity index (χ4n) is 6.67. The first kappa shape index (κ1) is 52.5.